The molecule has 18 heavy (non-hydrogen) atoms. The van der Waals surface area contributed by atoms with E-state index in [2.05, 4.69) is 15.4 Å². The molecule has 0 rings (SSSR count). The van der Waals surface area contributed by atoms with E-state index in [0.29, 0.717) is 0 Å². The molecule has 2 N–H and O–H groups in total. The molecule has 0 fully saturated rings. The van der Waals surface area contributed by atoms with Crippen molar-refractivity contribution in [2.75, 3.05) is 33.8 Å². The van der Waals surface area contributed by atoms with Gasteiger partial charge >= 0.3 is 12.0 Å². The Morgan fingerprint density at radius 1 is 1.33 bits per heavy atom. The molecule has 0 aliphatic carbocycles. The minimum atomic E-state index is -0.487. The summed E-state index contributed by atoms with van der Waals surface area (Å²) >= 11 is 0. The molecule has 0 spiro atoms. The van der Waals surface area contributed by atoms with Crippen molar-refractivity contribution in [2.45, 2.75) is 13.8 Å². The number of carbonyl (C=O) groups excluding carboxylic acids is 3. The van der Waals surface area contributed by atoms with Crippen LogP contribution in [0.1, 0.15) is 13.8 Å². The van der Waals surface area contributed by atoms with Gasteiger partial charge in [0.25, 0.3) is 0 Å². The van der Waals surface area contributed by atoms with Gasteiger partial charge in [-0.1, -0.05) is 6.92 Å². The van der Waals surface area contributed by atoms with Gasteiger partial charge in [0.1, 0.15) is 6.54 Å². The summed E-state index contributed by atoms with van der Waals surface area (Å²) in [5.74, 6) is -0.938. The second-order valence-electron chi connectivity index (χ2n) is 3.86. The van der Waals surface area contributed by atoms with E-state index in [1.165, 1.54) is 4.90 Å². The molecule has 0 saturated heterocycles. The molecule has 0 heterocycles. The largest absolute Gasteiger partial charge is 0.465 e. The highest BCUT2D eigenvalue weighted by atomic mass is 16.5. The third-order valence-electron chi connectivity index (χ3n) is 2.28. The van der Waals surface area contributed by atoms with Crippen LogP contribution in [0.5, 0.6) is 0 Å². The molecule has 3 amide bonds. The molecule has 0 bridgehead atoms. The number of hydrogen-bond donors (Lipinski definition) is 2. The zero-order chi connectivity index (χ0) is 14.1. The molecule has 0 aliphatic heterocycles. The van der Waals surface area contributed by atoms with Crippen molar-refractivity contribution in [1.29, 1.82) is 0 Å². The van der Waals surface area contributed by atoms with Gasteiger partial charge in [-0.05, 0) is 6.92 Å². The molecule has 0 radical (unpaired) electrons. The Labute approximate surface area is 107 Å². The van der Waals surface area contributed by atoms with Crippen LogP contribution in [0.25, 0.3) is 0 Å². The van der Waals surface area contributed by atoms with Gasteiger partial charge in [-0.25, -0.2) is 4.79 Å². The zero-order valence-corrected chi connectivity index (χ0v) is 11.3. The highest BCUT2D eigenvalue weighted by Gasteiger charge is 2.17. The van der Waals surface area contributed by atoms with Crippen LogP contribution in [0.2, 0.25) is 0 Å². The Hall–Kier alpha value is -1.79. The number of ether oxygens (including phenoxy) is 1. The Kier molecular flexibility index (Phi) is 7.50. The van der Waals surface area contributed by atoms with Gasteiger partial charge in [0, 0.05) is 20.6 Å². The molecule has 0 aromatic heterocycles. The maximum absolute atomic E-state index is 11.6. The molecule has 1 unspecified atom stereocenters. The van der Waals surface area contributed by atoms with E-state index in [1.54, 1.807) is 27.9 Å². The van der Waals surface area contributed by atoms with Gasteiger partial charge in [0.2, 0.25) is 5.91 Å². The zero-order valence-electron chi connectivity index (χ0n) is 11.3. The van der Waals surface area contributed by atoms with Crippen molar-refractivity contribution in [1.82, 2.24) is 15.5 Å². The van der Waals surface area contributed by atoms with E-state index in [9.17, 15) is 14.4 Å². The van der Waals surface area contributed by atoms with Crippen LogP contribution < -0.4 is 10.6 Å². The van der Waals surface area contributed by atoms with E-state index in [-0.39, 0.29) is 31.5 Å². The fourth-order valence-electron chi connectivity index (χ4n) is 1.32. The molecule has 0 aromatic carbocycles. The summed E-state index contributed by atoms with van der Waals surface area (Å²) in [7, 11) is 3.10. The SMILES string of the molecule is CCOC(=O)CNC(=O)N(C)CC(C)C(=O)NC. The second kappa shape index (κ2) is 8.32. The van der Waals surface area contributed by atoms with Crippen LogP contribution in [0.4, 0.5) is 4.79 Å². The summed E-state index contributed by atoms with van der Waals surface area (Å²) in [5, 5.41) is 4.91. The first-order valence-electron chi connectivity index (χ1n) is 5.78. The lowest BCUT2D eigenvalue weighted by molar-refractivity contribution is -0.141. The minimum absolute atomic E-state index is 0.139. The molecule has 104 valence electrons. The van der Waals surface area contributed by atoms with Crippen LogP contribution in [0.15, 0.2) is 0 Å². The molecule has 1 atom stereocenters. The second-order valence-corrected chi connectivity index (χ2v) is 3.86. The molecule has 0 aromatic rings. The molecule has 7 nitrogen and oxygen atoms in total. The number of esters is 1. The first kappa shape index (κ1) is 16.2. The Bertz CT molecular complexity index is 307. The maximum Gasteiger partial charge on any atom is 0.325 e. The highest BCUT2D eigenvalue weighted by molar-refractivity contribution is 5.82. The summed E-state index contributed by atoms with van der Waals surface area (Å²) in [4.78, 5) is 35.2. The van der Waals surface area contributed by atoms with E-state index >= 15 is 0 Å². The summed E-state index contributed by atoms with van der Waals surface area (Å²) in [6, 6.07) is -0.418. The number of nitrogens with zero attached hydrogens (tertiary/aromatic N) is 1. The number of nitrogens with one attached hydrogen (secondary N) is 2. The Morgan fingerprint density at radius 2 is 1.94 bits per heavy atom. The van der Waals surface area contributed by atoms with E-state index in [1.807, 2.05) is 0 Å². The van der Waals surface area contributed by atoms with Crippen LogP contribution in [-0.4, -0.2) is 56.6 Å². The quantitative estimate of drug-likeness (QED) is 0.634. The molecule has 0 saturated carbocycles. The van der Waals surface area contributed by atoms with Crippen molar-refractivity contribution in [3.05, 3.63) is 0 Å². The van der Waals surface area contributed by atoms with Crippen LogP contribution in [-0.2, 0) is 14.3 Å². The van der Waals surface area contributed by atoms with Gasteiger partial charge < -0.3 is 20.3 Å². The minimum Gasteiger partial charge on any atom is -0.465 e. The third kappa shape index (κ3) is 6.07. The van der Waals surface area contributed by atoms with E-state index in [0.717, 1.165) is 0 Å². The molecule has 7 heteroatoms. The number of amides is 3. The van der Waals surface area contributed by atoms with Crippen LogP contribution >= 0.6 is 0 Å². The predicted octanol–water partition coefficient (Wildman–Crippen LogP) is -0.427. The number of hydrogen-bond acceptors (Lipinski definition) is 4. The highest BCUT2D eigenvalue weighted by Crippen LogP contribution is 1.98. The summed E-state index contributed by atoms with van der Waals surface area (Å²) in [5.41, 5.74) is 0. The average molecular weight is 259 g/mol. The number of rotatable bonds is 6. The number of urea groups is 1. The Morgan fingerprint density at radius 3 is 2.44 bits per heavy atom. The van der Waals surface area contributed by atoms with Crippen molar-refractivity contribution in [2.24, 2.45) is 5.92 Å². The van der Waals surface area contributed by atoms with E-state index in [4.69, 9.17) is 0 Å². The standard InChI is InChI=1S/C11H21N3O4/c1-5-18-9(15)6-13-11(17)14(4)7-8(2)10(16)12-3/h8H,5-7H2,1-4H3,(H,12,16)(H,13,17). The molecular weight excluding hydrogens is 238 g/mol. The van der Waals surface area contributed by atoms with Crippen molar-refractivity contribution in [3.8, 4) is 0 Å². The lowest BCUT2D eigenvalue weighted by atomic mass is 10.1. The normalized spacial score (nSPS) is 11.3. The smallest absolute Gasteiger partial charge is 0.325 e. The first-order chi connectivity index (χ1) is 8.42. The number of carbonyl (C=O) groups is 3. The van der Waals surface area contributed by atoms with Crippen molar-refractivity contribution < 1.29 is 19.1 Å². The first-order valence-corrected chi connectivity index (χ1v) is 5.78. The Balaban J connectivity index is 4.03. The van der Waals surface area contributed by atoms with Crippen LogP contribution in [0, 0.1) is 5.92 Å². The maximum atomic E-state index is 11.6. The predicted molar refractivity (Wildman–Crippen MR) is 65.9 cm³/mol. The van der Waals surface area contributed by atoms with Crippen LogP contribution in [0.3, 0.4) is 0 Å². The van der Waals surface area contributed by atoms with E-state index < -0.39 is 12.0 Å². The summed E-state index contributed by atoms with van der Waals surface area (Å²) < 4.78 is 4.67. The summed E-state index contributed by atoms with van der Waals surface area (Å²) in [6.45, 7) is 3.78. The van der Waals surface area contributed by atoms with Gasteiger partial charge in [-0.2, -0.15) is 0 Å². The lowest BCUT2D eigenvalue weighted by Gasteiger charge is -2.20. The summed E-state index contributed by atoms with van der Waals surface area (Å²) in [6.07, 6.45) is 0. The van der Waals surface area contributed by atoms with Gasteiger partial charge in [-0.15, -0.1) is 0 Å². The molecule has 0 aliphatic rings. The fraction of sp³-hybridized carbons (Fsp3) is 0.727. The third-order valence-corrected chi connectivity index (χ3v) is 2.28. The lowest BCUT2D eigenvalue weighted by Crippen LogP contribution is -2.44. The van der Waals surface area contributed by atoms with Gasteiger partial charge in [0.05, 0.1) is 12.5 Å². The fourth-order valence-corrected chi connectivity index (χ4v) is 1.32. The van der Waals surface area contributed by atoms with Crippen molar-refractivity contribution in [3.63, 3.8) is 0 Å². The molecular formula is C11H21N3O4. The van der Waals surface area contributed by atoms with Crippen molar-refractivity contribution >= 4 is 17.9 Å². The van der Waals surface area contributed by atoms with Gasteiger partial charge in [-0.3, -0.25) is 9.59 Å². The van der Waals surface area contributed by atoms with Gasteiger partial charge in [0.15, 0.2) is 0 Å². The topological polar surface area (TPSA) is 87.7 Å². The monoisotopic (exact) mass is 259 g/mol. The average Bonchev–Trinajstić information content (AvgIpc) is 2.34.